The third kappa shape index (κ3) is 2.36. The van der Waals surface area contributed by atoms with Crippen molar-refractivity contribution in [2.45, 2.75) is 19.6 Å². The van der Waals surface area contributed by atoms with Gasteiger partial charge in [0.1, 0.15) is 6.67 Å². The number of hydrogen-bond donors (Lipinski definition) is 1. The van der Waals surface area contributed by atoms with Crippen molar-refractivity contribution >= 4 is 5.78 Å². The first-order chi connectivity index (χ1) is 6.15. The van der Waals surface area contributed by atoms with Crippen molar-refractivity contribution in [1.82, 2.24) is 0 Å². The van der Waals surface area contributed by atoms with Crippen molar-refractivity contribution in [2.75, 3.05) is 0 Å². The fourth-order valence-corrected chi connectivity index (χ4v) is 1.07. The summed E-state index contributed by atoms with van der Waals surface area (Å²) in [6.07, 6.45) is 0. The second-order valence-corrected chi connectivity index (χ2v) is 2.99. The Morgan fingerprint density at radius 1 is 1.62 bits per heavy atom. The normalized spacial score (nSPS) is 12.5. The molecule has 0 saturated carbocycles. The van der Waals surface area contributed by atoms with Gasteiger partial charge in [-0.05, 0) is 18.6 Å². The lowest BCUT2D eigenvalue weighted by atomic mass is 10.0. The van der Waals surface area contributed by atoms with Crippen LogP contribution in [0.2, 0.25) is 0 Å². The number of Topliss-reactive ketones (excluding diaryl/α,β-unsaturated/α-hetero) is 1. The molecule has 0 bridgehead atoms. The van der Waals surface area contributed by atoms with Gasteiger partial charge in [0.15, 0.2) is 5.78 Å². The van der Waals surface area contributed by atoms with Gasteiger partial charge in [-0.3, -0.25) is 4.79 Å². The maximum Gasteiger partial charge on any atom is 0.179 e. The molecule has 3 heteroatoms. The molecule has 1 aromatic carbocycles. The SMILES string of the molecule is CC(N)C(=O)c1cccc(CF)c1. The van der Waals surface area contributed by atoms with E-state index in [1.54, 1.807) is 25.1 Å². The van der Waals surface area contributed by atoms with Crippen LogP contribution in [0.1, 0.15) is 22.8 Å². The lowest BCUT2D eigenvalue weighted by Gasteiger charge is -2.04. The predicted octanol–water partition coefficient (Wildman–Crippen LogP) is 1.69. The van der Waals surface area contributed by atoms with Crippen LogP contribution in [-0.4, -0.2) is 11.8 Å². The lowest BCUT2D eigenvalue weighted by Crippen LogP contribution is -2.26. The minimum atomic E-state index is -0.555. The summed E-state index contributed by atoms with van der Waals surface area (Å²) in [4.78, 5) is 11.4. The number of halogens is 1. The highest BCUT2D eigenvalue weighted by molar-refractivity contribution is 5.99. The van der Waals surface area contributed by atoms with Gasteiger partial charge in [-0.15, -0.1) is 0 Å². The molecule has 1 atom stereocenters. The Morgan fingerprint density at radius 2 is 2.31 bits per heavy atom. The molecule has 0 aromatic heterocycles. The quantitative estimate of drug-likeness (QED) is 0.721. The summed E-state index contributed by atoms with van der Waals surface area (Å²) in [6, 6.07) is 5.94. The summed E-state index contributed by atoms with van der Waals surface area (Å²) in [5, 5.41) is 0. The highest BCUT2D eigenvalue weighted by Gasteiger charge is 2.10. The molecule has 70 valence electrons. The molecule has 0 heterocycles. The highest BCUT2D eigenvalue weighted by atomic mass is 19.1. The van der Waals surface area contributed by atoms with Crippen LogP contribution in [0.15, 0.2) is 24.3 Å². The summed E-state index contributed by atoms with van der Waals surface area (Å²) < 4.78 is 12.2. The van der Waals surface area contributed by atoms with Crippen LogP contribution < -0.4 is 5.73 Å². The summed E-state index contributed by atoms with van der Waals surface area (Å²) in [5.74, 6) is -0.157. The summed E-state index contributed by atoms with van der Waals surface area (Å²) in [6.45, 7) is 1.06. The molecule has 0 fully saturated rings. The third-order valence-corrected chi connectivity index (χ3v) is 1.78. The van der Waals surface area contributed by atoms with Crippen LogP contribution in [0.4, 0.5) is 4.39 Å². The van der Waals surface area contributed by atoms with E-state index < -0.39 is 12.7 Å². The van der Waals surface area contributed by atoms with Gasteiger partial charge in [-0.1, -0.05) is 18.2 Å². The number of alkyl halides is 1. The zero-order valence-electron chi connectivity index (χ0n) is 7.46. The molecule has 2 N–H and O–H groups in total. The maximum absolute atomic E-state index is 12.2. The monoisotopic (exact) mass is 181 g/mol. The number of ketones is 1. The Labute approximate surface area is 76.6 Å². The first kappa shape index (κ1) is 9.86. The van der Waals surface area contributed by atoms with Gasteiger partial charge < -0.3 is 5.73 Å². The zero-order chi connectivity index (χ0) is 9.84. The van der Waals surface area contributed by atoms with E-state index in [1.807, 2.05) is 0 Å². The molecule has 1 aromatic rings. The van der Waals surface area contributed by atoms with Gasteiger partial charge in [-0.2, -0.15) is 0 Å². The minimum Gasteiger partial charge on any atom is -0.321 e. The number of hydrogen-bond acceptors (Lipinski definition) is 2. The van der Waals surface area contributed by atoms with Crippen LogP contribution in [0, 0.1) is 0 Å². The summed E-state index contributed by atoms with van der Waals surface area (Å²) in [5.41, 5.74) is 6.40. The Bertz CT molecular complexity index is 310. The highest BCUT2D eigenvalue weighted by Crippen LogP contribution is 2.08. The topological polar surface area (TPSA) is 43.1 Å². The molecule has 0 aliphatic rings. The van der Waals surface area contributed by atoms with E-state index in [2.05, 4.69) is 0 Å². The van der Waals surface area contributed by atoms with Crippen molar-refractivity contribution in [3.8, 4) is 0 Å². The van der Waals surface area contributed by atoms with Gasteiger partial charge in [0.25, 0.3) is 0 Å². The molecule has 0 aliphatic heterocycles. The van der Waals surface area contributed by atoms with Crippen LogP contribution in [0.3, 0.4) is 0 Å². The molecule has 1 rings (SSSR count). The number of rotatable bonds is 3. The molecule has 2 nitrogen and oxygen atoms in total. The van der Waals surface area contributed by atoms with Crippen molar-refractivity contribution in [3.05, 3.63) is 35.4 Å². The van der Waals surface area contributed by atoms with E-state index in [-0.39, 0.29) is 5.78 Å². The van der Waals surface area contributed by atoms with E-state index in [9.17, 15) is 9.18 Å². The number of nitrogens with two attached hydrogens (primary N) is 1. The van der Waals surface area contributed by atoms with E-state index in [1.165, 1.54) is 6.07 Å². The first-order valence-electron chi connectivity index (χ1n) is 4.10. The van der Waals surface area contributed by atoms with Gasteiger partial charge in [0.05, 0.1) is 6.04 Å². The Morgan fingerprint density at radius 3 is 2.85 bits per heavy atom. The molecule has 0 spiro atoms. The average Bonchev–Trinajstić information content (AvgIpc) is 2.16. The lowest BCUT2D eigenvalue weighted by molar-refractivity contribution is 0.0968. The zero-order valence-corrected chi connectivity index (χ0v) is 7.46. The van der Waals surface area contributed by atoms with Crippen molar-refractivity contribution in [1.29, 1.82) is 0 Å². The van der Waals surface area contributed by atoms with Crippen molar-refractivity contribution in [3.63, 3.8) is 0 Å². The standard InChI is InChI=1S/C10H12FNO/c1-7(12)10(13)9-4-2-3-8(5-9)6-11/h2-5,7H,6,12H2,1H3. The van der Waals surface area contributed by atoms with Gasteiger partial charge in [0, 0.05) is 5.56 Å². The third-order valence-electron chi connectivity index (χ3n) is 1.78. The largest absolute Gasteiger partial charge is 0.321 e. The van der Waals surface area contributed by atoms with Gasteiger partial charge in [0.2, 0.25) is 0 Å². The fourth-order valence-electron chi connectivity index (χ4n) is 1.07. The van der Waals surface area contributed by atoms with E-state index in [0.717, 1.165) is 0 Å². The minimum absolute atomic E-state index is 0.157. The van der Waals surface area contributed by atoms with E-state index >= 15 is 0 Å². The maximum atomic E-state index is 12.2. The molecule has 13 heavy (non-hydrogen) atoms. The molecule has 0 aliphatic carbocycles. The van der Waals surface area contributed by atoms with Crippen LogP contribution >= 0.6 is 0 Å². The number of carbonyl (C=O) groups excluding carboxylic acids is 1. The van der Waals surface area contributed by atoms with E-state index in [4.69, 9.17) is 5.73 Å². The predicted molar refractivity (Wildman–Crippen MR) is 49.2 cm³/mol. The smallest absolute Gasteiger partial charge is 0.179 e. The molecular weight excluding hydrogens is 169 g/mol. The second kappa shape index (κ2) is 4.14. The van der Waals surface area contributed by atoms with E-state index in [0.29, 0.717) is 11.1 Å². The molecule has 0 radical (unpaired) electrons. The number of carbonyl (C=O) groups is 1. The average molecular weight is 181 g/mol. The van der Waals surface area contributed by atoms with Crippen LogP contribution in [0.5, 0.6) is 0 Å². The summed E-state index contributed by atoms with van der Waals surface area (Å²) >= 11 is 0. The Hall–Kier alpha value is -1.22. The Balaban J connectivity index is 2.95. The summed E-state index contributed by atoms with van der Waals surface area (Å²) in [7, 11) is 0. The van der Waals surface area contributed by atoms with Gasteiger partial charge >= 0.3 is 0 Å². The first-order valence-corrected chi connectivity index (χ1v) is 4.10. The molecule has 1 unspecified atom stereocenters. The Kier molecular flexibility index (Phi) is 3.14. The number of benzene rings is 1. The molecular formula is C10H12FNO. The van der Waals surface area contributed by atoms with Crippen molar-refractivity contribution in [2.24, 2.45) is 5.73 Å². The molecule has 0 amide bonds. The fraction of sp³-hybridized carbons (Fsp3) is 0.300. The molecule has 0 saturated heterocycles. The van der Waals surface area contributed by atoms with Crippen LogP contribution in [0.25, 0.3) is 0 Å². The second-order valence-electron chi connectivity index (χ2n) is 2.99. The van der Waals surface area contributed by atoms with Crippen LogP contribution in [-0.2, 0) is 6.67 Å². The van der Waals surface area contributed by atoms with Crippen molar-refractivity contribution < 1.29 is 9.18 Å². The van der Waals surface area contributed by atoms with Gasteiger partial charge in [-0.25, -0.2) is 4.39 Å².